The van der Waals surface area contributed by atoms with Crippen LogP contribution in [0.25, 0.3) is 5.65 Å². The molecule has 3 aromatic rings. The van der Waals surface area contributed by atoms with Crippen molar-refractivity contribution >= 4 is 5.65 Å². The fraction of sp³-hybridized carbons (Fsp3) is 0.118. The average Bonchev–Trinajstić information content (AvgIpc) is 2.77. The van der Waals surface area contributed by atoms with Gasteiger partial charge in [0.15, 0.2) is 5.65 Å². The van der Waals surface area contributed by atoms with Crippen LogP contribution in [0.5, 0.6) is 0 Å². The molecule has 3 rings (SSSR count). The molecule has 2 heterocycles. The molecule has 0 amide bonds. The Balaban J connectivity index is 2.13. The molecule has 1 aromatic carbocycles. The molecule has 0 saturated carbocycles. The number of imidazole rings is 1. The van der Waals surface area contributed by atoms with Crippen LogP contribution >= 0.6 is 0 Å². The van der Waals surface area contributed by atoms with E-state index in [9.17, 15) is 0 Å². The number of hydrogen-bond acceptors (Lipinski definition) is 1. The van der Waals surface area contributed by atoms with Crippen LogP contribution in [-0.2, 0) is 0 Å². The molecule has 2 heteroatoms. The van der Waals surface area contributed by atoms with Gasteiger partial charge in [-0.2, -0.15) is 0 Å². The average molecular weight is 246 g/mol. The standard InChI is InChI=1S/C17H14N2/c1-13-10-16(9-8-15-6-4-3-5-7-15)17-18-14(2)12-19(17)11-13/h3-7,10-12H,1-2H3. The van der Waals surface area contributed by atoms with Crippen molar-refractivity contribution in [3.8, 4) is 11.8 Å². The number of fused-ring (bicyclic) bond motifs is 1. The highest BCUT2D eigenvalue weighted by Crippen LogP contribution is 2.12. The lowest BCUT2D eigenvalue weighted by Gasteiger charge is -1.99. The summed E-state index contributed by atoms with van der Waals surface area (Å²) in [4.78, 5) is 4.53. The molecule has 2 aromatic heterocycles. The van der Waals surface area contributed by atoms with Gasteiger partial charge < -0.3 is 4.40 Å². The summed E-state index contributed by atoms with van der Waals surface area (Å²) in [5, 5.41) is 0. The van der Waals surface area contributed by atoms with E-state index >= 15 is 0 Å². The first-order chi connectivity index (χ1) is 9.22. The molecule has 0 saturated heterocycles. The van der Waals surface area contributed by atoms with Gasteiger partial charge in [-0.25, -0.2) is 4.98 Å². The Bertz CT molecular complexity index is 786. The molecule has 0 aliphatic rings. The summed E-state index contributed by atoms with van der Waals surface area (Å²) in [6.07, 6.45) is 4.10. The first kappa shape index (κ1) is 11.6. The van der Waals surface area contributed by atoms with Crippen LogP contribution in [0.2, 0.25) is 0 Å². The number of aromatic nitrogens is 2. The second-order valence-corrected chi connectivity index (χ2v) is 4.66. The predicted molar refractivity (Wildman–Crippen MR) is 77.1 cm³/mol. The van der Waals surface area contributed by atoms with E-state index in [-0.39, 0.29) is 0 Å². The van der Waals surface area contributed by atoms with Gasteiger partial charge in [0.25, 0.3) is 0 Å². The molecule has 0 radical (unpaired) electrons. The van der Waals surface area contributed by atoms with E-state index in [4.69, 9.17) is 0 Å². The Kier molecular flexibility index (Phi) is 2.81. The summed E-state index contributed by atoms with van der Waals surface area (Å²) in [5.41, 5.74) is 5.10. The van der Waals surface area contributed by atoms with Crippen molar-refractivity contribution in [2.24, 2.45) is 0 Å². The first-order valence-electron chi connectivity index (χ1n) is 6.25. The quantitative estimate of drug-likeness (QED) is 0.556. The van der Waals surface area contributed by atoms with E-state index in [1.165, 1.54) is 5.56 Å². The second-order valence-electron chi connectivity index (χ2n) is 4.66. The van der Waals surface area contributed by atoms with Crippen LogP contribution in [0.15, 0.2) is 48.8 Å². The summed E-state index contributed by atoms with van der Waals surface area (Å²) in [7, 11) is 0. The molecule has 0 aliphatic carbocycles. The van der Waals surface area contributed by atoms with Gasteiger partial charge in [0, 0.05) is 18.0 Å². The van der Waals surface area contributed by atoms with Gasteiger partial charge in [-0.15, -0.1) is 0 Å². The molecule has 19 heavy (non-hydrogen) atoms. The van der Waals surface area contributed by atoms with E-state index in [1.807, 2.05) is 47.9 Å². The molecule has 0 spiro atoms. The Morgan fingerprint density at radius 3 is 2.58 bits per heavy atom. The van der Waals surface area contributed by atoms with Gasteiger partial charge in [0.2, 0.25) is 0 Å². The van der Waals surface area contributed by atoms with E-state index in [0.717, 1.165) is 22.5 Å². The van der Waals surface area contributed by atoms with Crippen molar-refractivity contribution in [1.29, 1.82) is 0 Å². The zero-order valence-corrected chi connectivity index (χ0v) is 11.0. The molecule has 2 nitrogen and oxygen atoms in total. The lowest BCUT2D eigenvalue weighted by molar-refractivity contribution is 1.15. The zero-order chi connectivity index (χ0) is 13.2. The molecule has 0 N–H and O–H groups in total. The summed E-state index contributed by atoms with van der Waals surface area (Å²) < 4.78 is 2.04. The van der Waals surface area contributed by atoms with Crippen molar-refractivity contribution in [3.63, 3.8) is 0 Å². The van der Waals surface area contributed by atoms with Crippen LogP contribution < -0.4 is 0 Å². The topological polar surface area (TPSA) is 17.3 Å². The zero-order valence-electron chi connectivity index (χ0n) is 11.0. The van der Waals surface area contributed by atoms with Crippen LogP contribution in [0.4, 0.5) is 0 Å². The largest absolute Gasteiger partial charge is 0.306 e. The van der Waals surface area contributed by atoms with Gasteiger partial charge in [-0.05, 0) is 37.6 Å². The number of aryl methyl sites for hydroxylation is 2. The van der Waals surface area contributed by atoms with Crippen LogP contribution in [-0.4, -0.2) is 9.38 Å². The van der Waals surface area contributed by atoms with E-state index in [0.29, 0.717) is 0 Å². The maximum absolute atomic E-state index is 4.53. The Morgan fingerprint density at radius 2 is 1.79 bits per heavy atom. The number of hydrogen-bond donors (Lipinski definition) is 0. The number of nitrogens with zero attached hydrogens (tertiary/aromatic N) is 2. The highest BCUT2D eigenvalue weighted by Gasteiger charge is 2.03. The summed E-state index contributed by atoms with van der Waals surface area (Å²) in [6.45, 7) is 4.07. The van der Waals surface area contributed by atoms with Gasteiger partial charge in [-0.3, -0.25) is 0 Å². The lowest BCUT2D eigenvalue weighted by Crippen LogP contribution is -1.90. The van der Waals surface area contributed by atoms with Gasteiger partial charge >= 0.3 is 0 Å². The maximum atomic E-state index is 4.53. The lowest BCUT2D eigenvalue weighted by atomic mass is 10.2. The minimum atomic E-state index is 0.923. The highest BCUT2D eigenvalue weighted by atomic mass is 15.0. The minimum Gasteiger partial charge on any atom is -0.306 e. The van der Waals surface area contributed by atoms with Crippen molar-refractivity contribution in [2.75, 3.05) is 0 Å². The molecule has 0 fully saturated rings. The van der Waals surface area contributed by atoms with Crippen molar-refractivity contribution in [2.45, 2.75) is 13.8 Å². The summed E-state index contributed by atoms with van der Waals surface area (Å²) >= 11 is 0. The van der Waals surface area contributed by atoms with Gasteiger partial charge in [0.05, 0.1) is 11.3 Å². The second kappa shape index (κ2) is 4.62. The molecule has 0 bridgehead atoms. The number of pyridine rings is 1. The maximum Gasteiger partial charge on any atom is 0.152 e. The third-order valence-electron chi connectivity index (χ3n) is 2.92. The van der Waals surface area contributed by atoms with Crippen LogP contribution in [0.3, 0.4) is 0 Å². The first-order valence-corrected chi connectivity index (χ1v) is 6.25. The normalized spacial score (nSPS) is 10.2. The van der Waals surface area contributed by atoms with E-state index in [2.05, 4.69) is 36.0 Å². The van der Waals surface area contributed by atoms with E-state index in [1.54, 1.807) is 0 Å². The molecule has 92 valence electrons. The third kappa shape index (κ3) is 2.36. The van der Waals surface area contributed by atoms with Gasteiger partial charge in [0.1, 0.15) is 0 Å². The fourth-order valence-corrected chi connectivity index (χ4v) is 2.12. The molecule has 0 atom stereocenters. The molecule has 0 aliphatic heterocycles. The third-order valence-corrected chi connectivity index (χ3v) is 2.92. The number of benzene rings is 1. The smallest absolute Gasteiger partial charge is 0.152 e. The van der Waals surface area contributed by atoms with Crippen LogP contribution in [0, 0.1) is 25.7 Å². The predicted octanol–water partition coefficient (Wildman–Crippen LogP) is 3.35. The Morgan fingerprint density at radius 1 is 1.00 bits per heavy atom. The van der Waals surface area contributed by atoms with Crippen molar-refractivity contribution < 1.29 is 0 Å². The summed E-state index contributed by atoms with van der Waals surface area (Å²) in [6, 6.07) is 12.1. The van der Waals surface area contributed by atoms with Crippen LogP contribution in [0.1, 0.15) is 22.4 Å². The van der Waals surface area contributed by atoms with Crippen molar-refractivity contribution in [3.05, 3.63) is 71.2 Å². The molecule has 0 unspecified atom stereocenters. The van der Waals surface area contributed by atoms with E-state index < -0.39 is 0 Å². The molecular formula is C17H14N2. The highest BCUT2D eigenvalue weighted by molar-refractivity contribution is 5.60. The van der Waals surface area contributed by atoms with Crippen molar-refractivity contribution in [1.82, 2.24) is 9.38 Å². The molecular weight excluding hydrogens is 232 g/mol. The monoisotopic (exact) mass is 246 g/mol. The van der Waals surface area contributed by atoms with Gasteiger partial charge in [-0.1, -0.05) is 30.0 Å². The fourth-order valence-electron chi connectivity index (χ4n) is 2.12. The minimum absolute atomic E-state index is 0.923. The number of rotatable bonds is 0. The SMILES string of the molecule is Cc1cc(C#Cc2ccccc2)c2nc(C)cn2c1. The summed E-state index contributed by atoms with van der Waals surface area (Å²) in [5.74, 6) is 6.41. The Labute approximate surface area is 112 Å². The Hall–Kier alpha value is -2.53.